The molecule has 1 amide bonds. The van der Waals surface area contributed by atoms with Gasteiger partial charge in [-0.05, 0) is 7.05 Å². The SMILES string of the molecule is CNCCC(=O)N1CCN(Cc2csc(C(C)(C)C)n2)CC1. The van der Waals surface area contributed by atoms with E-state index in [1.165, 1.54) is 5.01 Å². The molecule has 0 radical (unpaired) electrons. The van der Waals surface area contributed by atoms with Crippen molar-refractivity contribution in [1.82, 2.24) is 20.1 Å². The molecule has 2 rings (SSSR count). The number of nitrogens with zero attached hydrogens (tertiary/aromatic N) is 3. The van der Waals surface area contributed by atoms with Gasteiger partial charge < -0.3 is 10.2 Å². The Hall–Kier alpha value is -0.980. The minimum Gasteiger partial charge on any atom is -0.340 e. The quantitative estimate of drug-likeness (QED) is 0.895. The van der Waals surface area contributed by atoms with Crippen molar-refractivity contribution in [3.8, 4) is 0 Å². The molecule has 0 saturated carbocycles. The van der Waals surface area contributed by atoms with Crippen LogP contribution in [0.1, 0.15) is 37.9 Å². The van der Waals surface area contributed by atoms with Gasteiger partial charge in [0.25, 0.3) is 0 Å². The highest BCUT2D eigenvalue weighted by atomic mass is 32.1. The van der Waals surface area contributed by atoms with Crippen molar-refractivity contribution in [2.75, 3.05) is 39.8 Å². The molecule has 22 heavy (non-hydrogen) atoms. The molecule has 0 unspecified atom stereocenters. The van der Waals surface area contributed by atoms with Crippen molar-refractivity contribution in [3.05, 3.63) is 16.1 Å². The van der Waals surface area contributed by atoms with Crippen LogP contribution >= 0.6 is 11.3 Å². The van der Waals surface area contributed by atoms with E-state index in [1.807, 2.05) is 11.9 Å². The second-order valence-electron chi connectivity index (χ2n) is 6.90. The lowest BCUT2D eigenvalue weighted by atomic mass is 9.98. The van der Waals surface area contributed by atoms with Crippen LogP contribution in [0.4, 0.5) is 0 Å². The molecule has 0 aliphatic carbocycles. The first-order valence-electron chi connectivity index (χ1n) is 8.00. The van der Waals surface area contributed by atoms with Gasteiger partial charge in [-0.15, -0.1) is 11.3 Å². The van der Waals surface area contributed by atoms with E-state index in [4.69, 9.17) is 4.98 Å². The average molecular weight is 324 g/mol. The van der Waals surface area contributed by atoms with Gasteiger partial charge in [0.1, 0.15) is 0 Å². The van der Waals surface area contributed by atoms with Crippen molar-refractivity contribution >= 4 is 17.2 Å². The molecule has 2 heterocycles. The summed E-state index contributed by atoms with van der Waals surface area (Å²) in [6, 6.07) is 0. The molecule has 1 aliphatic heterocycles. The normalized spacial score (nSPS) is 17.0. The lowest BCUT2D eigenvalue weighted by molar-refractivity contribution is -0.132. The zero-order valence-corrected chi connectivity index (χ0v) is 15.0. The number of amides is 1. The fourth-order valence-corrected chi connectivity index (χ4v) is 3.40. The van der Waals surface area contributed by atoms with Gasteiger partial charge in [0.05, 0.1) is 10.7 Å². The van der Waals surface area contributed by atoms with E-state index in [0.29, 0.717) is 6.42 Å². The summed E-state index contributed by atoms with van der Waals surface area (Å²) >= 11 is 1.75. The molecule has 1 aliphatic rings. The first kappa shape index (κ1) is 17.4. The lowest BCUT2D eigenvalue weighted by Crippen LogP contribution is -2.48. The number of carbonyl (C=O) groups is 1. The second kappa shape index (κ2) is 7.53. The number of rotatable bonds is 5. The fraction of sp³-hybridized carbons (Fsp3) is 0.750. The Morgan fingerprint density at radius 1 is 1.32 bits per heavy atom. The van der Waals surface area contributed by atoms with E-state index in [0.717, 1.165) is 45.0 Å². The summed E-state index contributed by atoms with van der Waals surface area (Å²) in [7, 11) is 1.88. The third-order valence-electron chi connectivity index (χ3n) is 3.89. The number of piperazine rings is 1. The molecule has 1 N–H and O–H groups in total. The highest BCUT2D eigenvalue weighted by molar-refractivity contribution is 7.09. The summed E-state index contributed by atoms with van der Waals surface area (Å²) in [6.07, 6.45) is 0.595. The Labute approximate surface area is 137 Å². The van der Waals surface area contributed by atoms with Gasteiger partial charge in [-0.25, -0.2) is 4.98 Å². The van der Waals surface area contributed by atoms with Crippen molar-refractivity contribution in [2.45, 2.75) is 39.2 Å². The van der Waals surface area contributed by atoms with Crippen LogP contribution in [0.25, 0.3) is 0 Å². The minimum absolute atomic E-state index is 0.126. The minimum atomic E-state index is 0.126. The molecular weight excluding hydrogens is 296 g/mol. The predicted molar refractivity (Wildman–Crippen MR) is 91.2 cm³/mol. The molecule has 0 aromatic carbocycles. The number of aromatic nitrogens is 1. The maximum Gasteiger partial charge on any atom is 0.223 e. The first-order valence-corrected chi connectivity index (χ1v) is 8.87. The summed E-state index contributed by atoms with van der Waals surface area (Å²) < 4.78 is 0. The first-order chi connectivity index (χ1) is 10.4. The van der Waals surface area contributed by atoms with Gasteiger partial charge in [-0.1, -0.05) is 20.8 Å². The largest absolute Gasteiger partial charge is 0.340 e. The molecule has 6 heteroatoms. The molecule has 0 bridgehead atoms. The van der Waals surface area contributed by atoms with Gasteiger partial charge in [-0.3, -0.25) is 9.69 Å². The number of nitrogens with one attached hydrogen (secondary N) is 1. The maximum atomic E-state index is 12.0. The summed E-state index contributed by atoms with van der Waals surface area (Å²) in [5.74, 6) is 0.262. The van der Waals surface area contributed by atoms with E-state index in [-0.39, 0.29) is 11.3 Å². The fourth-order valence-electron chi connectivity index (χ4n) is 2.50. The second-order valence-corrected chi connectivity index (χ2v) is 7.76. The third kappa shape index (κ3) is 4.76. The van der Waals surface area contributed by atoms with E-state index in [2.05, 4.69) is 36.4 Å². The molecular formula is C16H28N4OS. The highest BCUT2D eigenvalue weighted by Gasteiger charge is 2.22. The maximum absolute atomic E-state index is 12.0. The van der Waals surface area contributed by atoms with Crippen LogP contribution in [0, 0.1) is 0 Å². The Kier molecular flexibility index (Phi) is 5.94. The van der Waals surface area contributed by atoms with Crippen LogP contribution in [0.5, 0.6) is 0 Å². The Morgan fingerprint density at radius 2 is 2.00 bits per heavy atom. The van der Waals surface area contributed by atoms with Crippen LogP contribution in [-0.2, 0) is 16.8 Å². The van der Waals surface area contributed by atoms with Gasteiger partial charge in [0.15, 0.2) is 0 Å². The summed E-state index contributed by atoms with van der Waals surface area (Å²) in [4.78, 5) is 21.1. The van der Waals surface area contributed by atoms with Gasteiger partial charge in [0, 0.05) is 56.5 Å². The number of carbonyl (C=O) groups excluding carboxylic acids is 1. The Balaban J connectivity index is 1.80. The van der Waals surface area contributed by atoms with Gasteiger partial charge in [0.2, 0.25) is 5.91 Å². The standard InChI is InChI=1S/C16H28N4OS/c1-16(2,3)15-18-13(12-22-15)11-19-7-9-20(10-8-19)14(21)5-6-17-4/h12,17H,5-11H2,1-4H3. The van der Waals surface area contributed by atoms with E-state index in [9.17, 15) is 4.79 Å². The van der Waals surface area contributed by atoms with Crippen molar-refractivity contribution < 1.29 is 4.79 Å². The molecule has 124 valence electrons. The zero-order valence-electron chi connectivity index (χ0n) is 14.2. The topological polar surface area (TPSA) is 48.5 Å². The zero-order chi connectivity index (χ0) is 16.2. The van der Waals surface area contributed by atoms with Crippen molar-refractivity contribution in [1.29, 1.82) is 0 Å². The Morgan fingerprint density at radius 3 is 2.55 bits per heavy atom. The van der Waals surface area contributed by atoms with Crippen LogP contribution in [0.2, 0.25) is 0 Å². The van der Waals surface area contributed by atoms with E-state index in [1.54, 1.807) is 11.3 Å². The van der Waals surface area contributed by atoms with Crippen LogP contribution < -0.4 is 5.32 Å². The van der Waals surface area contributed by atoms with Crippen molar-refractivity contribution in [3.63, 3.8) is 0 Å². The molecule has 1 aromatic rings. The lowest BCUT2D eigenvalue weighted by Gasteiger charge is -2.34. The average Bonchev–Trinajstić information content (AvgIpc) is 2.94. The molecule has 1 fully saturated rings. The Bertz CT molecular complexity index is 487. The number of hydrogen-bond donors (Lipinski definition) is 1. The number of hydrogen-bond acceptors (Lipinski definition) is 5. The molecule has 1 saturated heterocycles. The van der Waals surface area contributed by atoms with Gasteiger partial charge in [-0.2, -0.15) is 0 Å². The van der Waals surface area contributed by atoms with Crippen LogP contribution in [-0.4, -0.2) is 60.5 Å². The van der Waals surface area contributed by atoms with E-state index >= 15 is 0 Å². The van der Waals surface area contributed by atoms with E-state index < -0.39 is 0 Å². The smallest absolute Gasteiger partial charge is 0.223 e. The predicted octanol–water partition coefficient (Wildman–Crippen LogP) is 1.69. The highest BCUT2D eigenvalue weighted by Crippen LogP contribution is 2.26. The molecule has 1 aromatic heterocycles. The van der Waals surface area contributed by atoms with Crippen LogP contribution in [0.3, 0.4) is 0 Å². The number of thiazole rings is 1. The monoisotopic (exact) mass is 324 g/mol. The molecule has 5 nitrogen and oxygen atoms in total. The van der Waals surface area contributed by atoms with Gasteiger partial charge >= 0.3 is 0 Å². The molecule has 0 atom stereocenters. The summed E-state index contributed by atoms with van der Waals surface area (Å²) in [5.41, 5.74) is 1.28. The third-order valence-corrected chi connectivity index (χ3v) is 5.21. The summed E-state index contributed by atoms with van der Waals surface area (Å²) in [6.45, 7) is 11.8. The van der Waals surface area contributed by atoms with Crippen molar-refractivity contribution in [2.24, 2.45) is 0 Å². The van der Waals surface area contributed by atoms with Crippen LogP contribution in [0.15, 0.2) is 5.38 Å². The molecule has 0 spiro atoms. The summed E-state index contributed by atoms with van der Waals surface area (Å²) in [5, 5.41) is 6.40.